The highest BCUT2D eigenvalue weighted by Gasteiger charge is 2.33. The van der Waals surface area contributed by atoms with Crippen molar-refractivity contribution in [3.05, 3.63) is 35.6 Å². The van der Waals surface area contributed by atoms with Crippen LogP contribution in [-0.2, 0) is 9.84 Å². The van der Waals surface area contributed by atoms with Gasteiger partial charge in [0.15, 0.2) is 9.84 Å². The van der Waals surface area contributed by atoms with Crippen LogP contribution in [0.5, 0.6) is 0 Å². The van der Waals surface area contributed by atoms with E-state index in [1.165, 1.54) is 12.1 Å². The second-order valence-electron chi connectivity index (χ2n) is 4.36. The third kappa shape index (κ3) is 2.83. The lowest BCUT2D eigenvalue weighted by atomic mass is 9.93. The van der Waals surface area contributed by atoms with E-state index in [4.69, 9.17) is 5.84 Å². The molecule has 1 fully saturated rings. The fourth-order valence-electron chi connectivity index (χ4n) is 2.26. The minimum Gasteiger partial charge on any atom is -0.271 e. The fraction of sp³-hybridized carbons (Fsp3) is 0.455. The van der Waals surface area contributed by atoms with E-state index in [9.17, 15) is 12.8 Å². The zero-order valence-electron chi connectivity index (χ0n) is 9.27. The van der Waals surface area contributed by atoms with Gasteiger partial charge in [0.1, 0.15) is 5.82 Å². The maximum atomic E-state index is 12.8. The highest BCUT2D eigenvalue weighted by molar-refractivity contribution is 7.91. The third-order valence-corrected chi connectivity index (χ3v) is 4.94. The third-order valence-electron chi connectivity index (χ3n) is 3.15. The molecule has 17 heavy (non-hydrogen) atoms. The fourth-order valence-corrected chi connectivity index (χ4v) is 4.10. The molecule has 0 aromatic heterocycles. The number of halogens is 1. The van der Waals surface area contributed by atoms with Crippen molar-refractivity contribution in [1.29, 1.82) is 0 Å². The van der Waals surface area contributed by atoms with Crippen molar-refractivity contribution in [3.63, 3.8) is 0 Å². The number of nitrogens with one attached hydrogen (secondary N) is 1. The average molecular weight is 258 g/mol. The van der Waals surface area contributed by atoms with Crippen LogP contribution in [0.2, 0.25) is 0 Å². The molecular formula is C11H15FN2O2S. The molecule has 1 aliphatic heterocycles. The molecular weight excluding hydrogens is 243 g/mol. The van der Waals surface area contributed by atoms with E-state index in [2.05, 4.69) is 5.43 Å². The number of hydrazine groups is 1. The minimum atomic E-state index is -2.94. The molecule has 2 unspecified atom stereocenters. The Morgan fingerprint density at radius 2 is 2.00 bits per heavy atom. The van der Waals surface area contributed by atoms with Crippen molar-refractivity contribution in [2.45, 2.75) is 12.5 Å². The maximum Gasteiger partial charge on any atom is 0.150 e. The van der Waals surface area contributed by atoms with Gasteiger partial charge < -0.3 is 0 Å². The summed E-state index contributed by atoms with van der Waals surface area (Å²) in [7, 11) is -2.94. The summed E-state index contributed by atoms with van der Waals surface area (Å²) in [5, 5.41) is 0. The summed E-state index contributed by atoms with van der Waals surface area (Å²) < 4.78 is 35.6. The molecule has 6 heteroatoms. The molecule has 3 N–H and O–H groups in total. The van der Waals surface area contributed by atoms with E-state index in [0.29, 0.717) is 6.42 Å². The van der Waals surface area contributed by atoms with Gasteiger partial charge in [-0.2, -0.15) is 0 Å². The second kappa shape index (κ2) is 4.72. The van der Waals surface area contributed by atoms with Crippen molar-refractivity contribution >= 4 is 9.84 Å². The molecule has 1 saturated heterocycles. The molecule has 2 atom stereocenters. The van der Waals surface area contributed by atoms with Crippen molar-refractivity contribution < 1.29 is 12.8 Å². The van der Waals surface area contributed by atoms with Crippen LogP contribution < -0.4 is 11.3 Å². The Kier molecular flexibility index (Phi) is 3.46. The van der Waals surface area contributed by atoms with Gasteiger partial charge in [0, 0.05) is 6.04 Å². The summed E-state index contributed by atoms with van der Waals surface area (Å²) in [6, 6.07) is 5.72. The predicted octanol–water partition coefficient (Wildman–Crippen LogP) is 0.765. The topological polar surface area (TPSA) is 72.2 Å². The Morgan fingerprint density at radius 3 is 2.47 bits per heavy atom. The first-order valence-electron chi connectivity index (χ1n) is 5.44. The Labute approximate surface area is 99.9 Å². The van der Waals surface area contributed by atoms with Gasteiger partial charge in [-0.25, -0.2) is 12.8 Å². The summed E-state index contributed by atoms with van der Waals surface area (Å²) in [5.41, 5.74) is 3.45. The van der Waals surface area contributed by atoms with E-state index in [1.54, 1.807) is 12.1 Å². The lowest BCUT2D eigenvalue weighted by molar-refractivity contribution is 0.399. The number of benzene rings is 1. The van der Waals surface area contributed by atoms with Crippen molar-refractivity contribution in [2.24, 2.45) is 11.8 Å². The highest BCUT2D eigenvalue weighted by atomic mass is 32.2. The molecule has 1 aromatic rings. The van der Waals surface area contributed by atoms with Crippen LogP contribution in [0.15, 0.2) is 24.3 Å². The predicted molar refractivity (Wildman–Crippen MR) is 63.2 cm³/mol. The molecule has 1 heterocycles. The van der Waals surface area contributed by atoms with Gasteiger partial charge in [0.25, 0.3) is 0 Å². The zero-order valence-corrected chi connectivity index (χ0v) is 10.1. The van der Waals surface area contributed by atoms with Crippen molar-refractivity contribution in [1.82, 2.24) is 5.43 Å². The lowest BCUT2D eigenvalue weighted by Crippen LogP contribution is -2.34. The molecule has 1 aromatic carbocycles. The van der Waals surface area contributed by atoms with Crippen LogP contribution in [0.1, 0.15) is 18.0 Å². The van der Waals surface area contributed by atoms with Gasteiger partial charge in [-0.15, -0.1) is 0 Å². The van der Waals surface area contributed by atoms with Crippen molar-refractivity contribution in [2.75, 3.05) is 11.5 Å². The van der Waals surface area contributed by atoms with Crippen LogP contribution in [0.4, 0.5) is 4.39 Å². The number of rotatable bonds is 3. The molecule has 0 aliphatic carbocycles. The van der Waals surface area contributed by atoms with Crippen molar-refractivity contribution in [3.8, 4) is 0 Å². The number of hydrogen-bond acceptors (Lipinski definition) is 4. The summed E-state index contributed by atoms with van der Waals surface area (Å²) in [6.07, 6.45) is 0.592. The highest BCUT2D eigenvalue weighted by Crippen LogP contribution is 2.30. The van der Waals surface area contributed by atoms with E-state index < -0.39 is 9.84 Å². The largest absolute Gasteiger partial charge is 0.271 e. The molecule has 1 aliphatic rings. The summed E-state index contributed by atoms with van der Waals surface area (Å²) in [4.78, 5) is 0. The Balaban J connectivity index is 2.20. The van der Waals surface area contributed by atoms with Crippen LogP contribution >= 0.6 is 0 Å². The number of nitrogens with two attached hydrogens (primary N) is 1. The average Bonchev–Trinajstić information content (AvgIpc) is 2.63. The van der Waals surface area contributed by atoms with Gasteiger partial charge in [-0.1, -0.05) is 12.1 Å². The molecule has 4 nitrogen and oxygen atoms in total. The van der Waals surface area contributed by atoms with Gasteiger partial charge in [-0.3, -0.25) is 11.3 Å². The molecule has 0 saturated carbocycles. The van der Waals surface area contributed by atoms with E-state index in [1.807, 2.05) is 0 Å². The normalized spacial score (nSPS) is 24.7. The first-order chi connectivity index (χ1) is 8.02. The van der Waals surface area contributed by atoms with Crippen LogP contribution in [0.25, 0.3) is 0 Å². The smallest absolute Gasteiger partial charge is 0.150 e. The molecule has 0 spiro atoms. The van der Waals surface area contributed by atoms with Gasteiger partial charge in [-0.05, 0) is 30.0 Å². The van der Waals surface area contributed by atoms with Crippen LogP contribution in [-0.4, -0.2) is 19.9 Å². The molecule has 0 radical (unpaired) electrons. The van der Waals surface area contributed by atoms with Gasteiger partial charge in [0.05, 0.1) is 11.5 Å². The first-order valence-corrected chi connectivity index (χ1v) is 7.26. The van der Waals surface area contributed by atoms with Gasteiger partial charge >= 0.3 is 0 Å². The van der Waals surface area contributed by atoms with E-state index >= 15 is 0 Å². The summed E-state index contributed by atoms with van der Waals surface area (Å²) in [6.45, 7) is 0. The number of sulfone groups is 1. The number of hydrogen-bond donors (Lipinski definition) is 2. The summed E-state index contributed by atoms with van der Waals surface area (Å²) in [5.74, 6) is 5.45. The minimum absolute atomic E-state index is 0.0459. The molecule has 0 amide bonds. The Hall–Kier alpha value is -0.980. The second-order valence-corrected chi connectivity index (χ2v) is 6.59. The maximum absolute atomic E-state index is 12.8. The van der Waals surface area contributed by atoms with E-state index in [-0.39, 0.29) is 29.3 Å². The monoisotopic (exact) mass is 258 g/mol. The molecule has 2 rings (SSSR count). The lowest BCUT2D eigenvalue weighted by Gasteiger charge is -2.22. The standard InChI is InChI=1S/C11H15FN2O2S/c12-10-3-1-8(2-4-10)11(14-13)9-5-6-17(15,16)7-9/h1-4,9,11,14H,5-7,13H2. The SMILES string of the molecule is NNC(c1ccc(F)cc1)C1CCS(=O)(=O)C1. The molecule has 0 bridgehead atoms. The first kappa shape index (κ1) is 12.5. The summed E-state index contributed by atoms with van der Waals surface area (Å²) >= 11 is 0. The quantitative estimate of drug-likeness (QED) is 0.620. The Bertz CT molecular complexity index is 487. The Morgan fingerprint density at radius 1 is 1.35 bits per heavy atom. The van der Waals surface area contributed by atoms with Crippen LogP contribution in [0, 0.1) is 11.7 Å². The van der Waals surface area contributed by atoms with Crippen LogP contribution in [0.3, 0.4) is 0 Å². The molecule has 94 valence electrons. The van der Waals surface area contributed by atoms with Gasteiger partial charge in [0.2, 0.25) is 0 Å². The zero-order chi connectivity index (χ0) is 12.5. The van der Waals surface area contributed by atoms with E-state index in [0.717, 1.165) is 5.56 Å².